The second-order valence-electron chi connectivity index (χ2n) is 4.32. The van der Waals surface area contributed by atoms with Crippen molar-refractivity contribution in [2.24, 2.45) is 5.73 Å². The van der Waals surface area contributed by atoms with Gasteiger partial charge in [-0.15, -0.1) is 0 Å². The van der Waals surface area contributed by atoms with Crippen molar-refractivity contribution in [1.82, 2.24) is 0 Å². The molecule has 0 aliphatic rings. The number of nitrogens with two attached hydrogens (primary N) is 1. The summed E-state index contributed by atoms with van der Waals surface area (Å²) in [5.41, 5.74) is 8.39. The minimum absolute atomic E-state index is 0.0612. The van der Waals surface area contributed by atoms with E-state index in [1.54, 1.807) is 0 Å². The molecule has 0 aliphatic carbocycles. The van der Waals surface area contributed by atoms with Crippen molar-refractivity contribution in [1.29, 1.82) is 0 Å². The van der Waals surface area contributed by atoms with Gasteiger partial charge in [0.05, 0.1) is 12.1 Å². The molecule has 0 saturated carbocycles. The van der Waals surface area contributed by atoms with Gasteiger partial charge in [0, 0.05) is 15.5 Å². The fourth-order valence-electron chi connectivity index (χ4n) is 1.89. The highest BCUT2D eigenvalue weighted by atomic mass is 79.9. The number of benzene rings is 2. The maximum atomic E-state index is 12.1. The third kappa shape index (κ3) is 3.91. The van der Waals surface area contributed by atoms with Crippen LogP contribution < -0.4 is 11.1 Å². The monoisotopic (exact) mass is 396 g/mol. The van der Waals surface area contributed by atoms with Crippen LogP contribution in [0.25, 0.3) is 0 Å². The van der Waals surface area contributed by atoms with Gasteiger partial charge in [-0.1, -0.05) is 40.2 Å². The van der Waals surface area contributed by atoms with Crippen molar-refractivity contribution >= 4 is 43.5 Å². The normalized spacial score (nSPS) is 10.3. The third-order valence-corrected chi connectivity index (χ3v) is 4.04. The Balaban J connectivity index is 2.09. The molecule has 3 nitrogen and oxygen atoms in total. The van der Waals surface area contributed by atoms with Crippen LogP contribution >= 0.6 is 31.9 Å². The number of anilines is 1. The topological polar surface area (TPSA) is 55.1 Å². The van der Waals surface area contributed by atoms with Gasteiger partial charge in [-0.25, -0.2) is 0 Å². The summed E-state index contributed by atoms with van der Waals surface area (Å²) in [6, 6.07) is 13.3. The van der Waals surface area contributed by atoms with Gasteiger partial charge in [0.2, 0.25) is 5.91 Å². The van der Waals surface area contributed by atoms with Crippen LogP contribution in [0.2, 0.25) is 0 Å². The average Bonchev–Trinajstić information content (AvgIpc) is 2.42. The molecule has 3 N–H and O–H groups in total. The predicted molar refractivity (Wildman–Crippen MR) is 88.5 cm³/mol. The highest BCUT2D eigenvalue weighted by molar-refractivity contribution is 9.11. The van der Waals surface area contributed by atoms with Crippen LogP contribution in [0.3, 0.4) is 0 Å². The highest BCUT2D eigenvalue weighted by Gasteiger charge is 2.09. The molecule has 0 aromatic heterocycles. The SMILES string of the molecule is NCc1ccccc1CC(=O)Nc1ccc(Br)cc1Br. The molecular formula is C15H14Br2N2O. The quantitative estimate of drug-likeness (QED) is 0.823. The van der Waals surface area contributed by atoms with E-state index in [0.29, 0.717) is 13.0 Å². The number of nitrogens with one attached hydrogen (secondary N) is 1. The smallest absolute Gasteiger partial charge is 0.228 e. The molecule has 0 bridgehead atoms. The number of carbonyl (C=O) groups is 1. The first-order valence-corrected chi connectivity index (χ1v) is 7.70. The number of amides is 1. The summed E-state index contributed by atoms with van der Waals surface area (Å²) in [6.45, 7) is 0.436. The Morgan fingerprint density at radius 2 is 1.80 bits per heavy atom. The summed E-state index contributed by atoms with van der Waals surface area (Å²) < 4.78 is 1.79. The summed E-state index contributed by atoms with van der Waals surface area (Å²) in [6.07, 6.45) is 0.315. The molecule has 1 amide bonds. The first-order valence-electron chi connectivity index (χ1n) is 6.12. The van der Waals surface area contributed by atoms with Crippen molar-refractivity contribution in [2.75, 3.05) is 5.32 Å². The van der Waals surface area contributed by atoms with E-state index >= 15 is 0 Å². The molecule has 2 rings (SSSR count). The van der Waals surface area contributed by atoms with Crippen molar-refractivity contribution in [3.05, 3.63) is 62.5 Å². The molecule has 2 aromatic carbocycles. The Bertz CT molecular complexity index is 629. The molecule has 0 spiro atoms. The molecule has 0 saturated heterocycles. The van der Waals surface area contributed by atoms with Crippen molar-refractivity contribution in [2.45, 2.75) is 13.0 Å². The number of hydrogen-bond donors (Lipinski definition) is 2. The molecule has 20 heavy (non-hydrogen) atoms. The first-order chi connectivity index (χ1) is 9.60. The van der Waals surface area contributed by atoms with Crippen LogP contribution in [0, 0.1) is 0 Å². The fraction of sp³-hybridized carbons (Fsp3) is 0.133. The maximum Gasteiger partial charge on any atom is 0.228 e. The van der Waals surface area contributed by atoms with Gasteiger partial charge in [0.15, 0.2) is 0 Å². The number of rotatable bonds is 4. The number of carbonyl (C=O) groups excluding carboxylic acids is 1. The second-order valence-corrected chi connectivity index (χ2v) is 6.09. The van der Waals surface area contributed by atoms with Crippen LogP contribution in [-0.2, 0) is 17.8 Å². The van der Waals surface area contributed by atoms with E-state index in [-0.39, 0.29) is 5.91 Å². The lowest BCUT2D eigenvalue weighted by atomic mass is 10.0. The van der Waals surface area contributed by atoms with Gasteiger partial charge in [-0.3, -0.25) is 4.79 Å². The van der Waals surface area contributed by atoms with E-state index in [2.05, 4.69) is 37.2 Å². The summed E-state index contributed by atoms with van der Waals surface area (Å²) in [5.74, 6) is -0.0612. The predicted octanol–water partition coefficient (Wildman–Crippen LogP) is 3.85. The minimum atomic E-state index is -0.0612. The van der Waals surface area contributed by atoms with E-state index in [0.717, 1.165) is 25.8 Å². The Morgan fingerprint density at radius 1 is 1.10 bits per heavy atom. The molecule has 0 unspecified atom stereocenters. The molecule has 2 aromatic rings. The Kier molecular flexibility index (Phi) is 5.34. The molecule has 104 valence electrons. The van der Waals surface area contributed by atoms with Crippen LogP contribution in [0.4, 0.5) is 5.69 Å². The fourth-order valence-corrected chi connectivity index (χ4v) is 3.03. The molecule has 0 aliphatic heterocycles. The maximum absolute atomic E-state index is 12.1. The Labute approximate surface area is 134 Å². The standard InChI is InChI=1S/C15H14Br2N2O/c16-12-5-6-14(13(17)8-12)19-15(20)7-10-3-1-2-4-11(10)9-18/h1-6,8H,7,9,18H2,(H,19,20). The van der Waals surface area contributed by atoms with Crippen LogP contribution in [0.5, 0.6) is 0 Å². The Morgan fingerprint density at radius 3 is 2.45 bits per heavy atom. The van der Waals surface area contributed by atoms with E-state index in [1.807, 2.05) is 42.5 Å². The van der Waals surface area contributed by atoms with Gasteiger partial charge in [0.25, 0.3) is 0 Å². The van der Waals surface area contributed by atoms with E-state index < -0.39 is 0 Å². The Hall–Kier alpha value is -1.17. The number of halogens is 2. The summed E-state index contributed by atoms with van der Waals surface area (Å²) in [4.78, 5) is 12.1. The molecule has 5 heteroatoms. The van der Waals surface area contributed by atoms with Gasteiger partial charge < -0.3 is 11.1 Å². The van der Waals surface area contributed by atoms with Gasteiger partial charge in [-0.2, -0.15) is 0 Å². The van der Waals surface area contributed by atoms with Gasteiger partial charge >= 0.3 is 0 Å². The number of hydrogen-bond acceptors (Lipinski definition) is 2. The van der Waals surface area contributed by atoms with Crippen LogP contribution in [0.15, 0.2) is 51.4 Å². The molecule has 0 heterocycles. The first kappa shape index (κ1) is 15.2. The molecule has 0 fully saturated rings. The summed E-state index contributed by atoms with van der Waals surface area (Å²) in [7, 11) is 0. The zero-order valence-electron chi connectivity index (χ0n) is 10.7. The van der Waals surface area contributed by atoms with Crippen molar-refractivity contribution in [3.8, 4) is 0 Å². The lowest BCUT2D eigenvalue weighted by Gasteiger charge is -2.10. The highest BCUT2D eigenvalue weighted by Crippen LogP contribution is 2.26. The van der Waals surface area contributed by atoms with E-state index in [1.165, 1.54) is 0 Å². The lowest BCUT2D eigenvalue weighted by molar-refractivity contribution is -0.115. The summed E-state index contributed by atoms with van der Waals surface area (Å²) >= 11 is 6.80. The average molecular weight is 398 g/mol. The van der Waals surface area contributed by atoms with E-state index in [9.17, 15) is 4.79 Å². The summed E-state index contributed by atoms with van der Waals surface area (Å²) in [5, 5.41) is 2.89. The molecular weight excluding hydrogens is 384 g/mol. The van der Waals surface area contributed by atoms with Crippen molar-refractivity contribution < 1.29 is 4.79 Å². The second kappa shape index (κ2) is 7.02. The molecule has 0 atom stereocenters. The minimum Gasteiger partial charge on any atom is -0.326 e. The van der Waals surface area contributed by atoms with Crippen LogP contribution in [-0.4, -0.2) is 5.91 Å². The van der Waals surface area contributed by atoms with Gasteiger partial charge in [0.1, 0.15) is 0 Å². The van der Waals surface area contributed by atoms with Crippen LogP contribution in [0.1, 0.15) is 11.1 Å². The van der Waals surface area contributed by atoms with E-state index in [4.69, 9.17) is 5.73 Å². The molecule has 0 radical (unpaired) electrons. The zero-order chi connectivity index (χ0) is 14.5. The van der Waals surface area contributed by atoms with Gasteiger partial charge in [-0.05, 0) is 45.3 Å². The zero-order valence-corrected chi connectivity index (χ0v) is 13.9. The third-order valence-electron chi connectivity index (χ3n) is 2.89. The largest absolute Gasteiger partial charge is 0.326 e. The van der Waals surface area contributed by atoms with Crippen molar-refractivity contribution in [3.63, 3.8) is 0 Å². The lowest BCUT2D eigenvalue weighted by Crippen LogP contribution is -2.16.